The molecular weight excluding hydrogens is 653 g/mol. The number of phosphoric acid groups is 1. The number of quaternary nitrogens is 1. The van der Waals surface area contributed by atoms with Gasteiger partial charge < -0.3 is 18.9 Å². The molecule has 288 valence electrons. The Morgan fingerprint density at radius 2 is 1.14 bits per heavy atom. The van der Waals surface area contributed by atoms with Crippen molar-refractivity contribution < 1.29 is 42.1 Å². The number of phosphoric ester groups is 1. The van der Waals surface area contributed by atoms with Crippen molar-refractivity contribution in [3.8, 4) is 0 Å². The van der Waals surface area contributed by atoms with E-state index >= 15 is 0 Å². The summed E-state index contributed by atoms with van der Waals surface area (Å²) in [6, 6.07) is 0. The van der Waals surface area contributed by atoms with Crippen LogP contribution in [0.2, 0.25) is 0 Å². The maximum atomic E-state index is 12.6. The van der Waals surface area contributed by atoms with Crippen LogP contribution in [0.15, 0.2) is 60.8 Å². The SMILES string of the molecule is CC/C=C/C/C=C/C/C=C/C/C=C/CCCCC(=O)OC[C@H](COP(=O)(O)OCC[N+](C)(C)C)OC(=O)CCCCCCC/C=C/CCCC. The molecule has 0 aliphatic heterocycles. The molecule has 0 aromatic heterocycles. The van der Waals surface area contributed by atoms with Crippen molar-refractivity contribution in [1.82, 2.24) is 0 Å². The predicted octanol–water partition coefficient (Wildman–Crippen LogP) is 10.1. The van der Waals surface area contributed by atoms with E-state index in [1.54, 1.807) is 0 Å². The fourth-order valence-corrected chi connectivity index (χ4v) is 5.25. The van der Waals surface area contributed by atoms with Crippen LogP contribution >= 0.6 is 7.82 Å². The van der Waals surface area contributed by atoms with Crippen LogP contribution in [0, 0.1) is 0 Å². The zero-order valence-corrected chi connectivity index (χ0v) is 33.0. The Balaban J connectivity index is 4.53. The van der Waals surface area contributed by atoms with Gasteiger partial charge in [-0.25, -0.2) is 4.57 Å². The maximum Gasteiger partial charge on any atom is 0.472 e. The summed E-state index contributed by atoms with van der Waals surface area (Å²) < 4.78 is 34.1. The molecule has 0 saturated carbocycles. The molecule has 2 atom stereocenters. The molecule has 0 fully saturated rings. The van der Waals surface area contributed by atoms with Crippen molar-refractivity contribution in [3.63, 3.8) is 0 Å². The number of carbonyl (C=O) groups excluding carboxylic acids is 2. The minimum Gasteiger partial charge on any atom is -0.462 e. The van der Waals surface area contributed by atoms with Crippen LogP contribution in [-0.2, 0) is 32.7 Å². The number of likely N-dealkylation sites (N-methyl/N-ethyl adjacent to an activating group) is 1. The first-order chi connectivity index (χ1) is 24.0. The summed E-state index contributed by atoms with van der Waals surface area (Å²) >= 11 is 0. The van der Waals surface area contributed by atoms with E-state index in [0.29, 0.717) is 23.9 Å². The zero-order chi connectivity index (χ0) is 37.2. The lowest BCUT2D eigenvalue weighted by Gasteiger charge is -2.24. The fraction of sp³-hybridized carbons (Fsp3) is 0.700. The molecule has 0 amide bonds. The van der Waals surface area contributed by atoms with Gasteiger partial charge in [0, 0.05) is 12.8 Å². The van der Waals surface area contributed by atoms with Gasteiger partial charge in [-0.15, -0.1) is 0 Å². The number of nitrogens with zero attached hydrogens (tertiary/aromatic N) is 1. The molecule has 0 radical (unpaired) electrons. The van der Waals surface area contributed by atoms with E-state index in [2.05, 4.69) is 74.6 Å². The number of unbranched alkanes of at least 4 members (excludes halogenated alkanes) is 9. The quantitative estimate of drug-likeness (QED) is 0.0234. The Labute approximate surface area is 305 Å². The van der Waals surface area contributed by atoms with Gasteiger partial charge in [0.2, 0.25) is 0 Å². The third kappa shape index (κ3) is 35.5. The number of carbonyl (C=O) groups is 2. The van der Waals surface area contributed by atoms with E-state index in [4.69, 9.17) is 18.5 Å². The number of ether oxygens (including phenoxy) is 2. The standard InChI is InChI=1S/C40H70NO8P/c1-6-8-10-12-14-16-18-19-20-21-23-24-26-28-30-32-39(42)46-36-38(37-48-50(44,45)47-35-34-41(3,4)5)49-40(43)33-31-29-27-25-22-17-15-13-11-9-7-2/h8,10,13-16,19-20,23-24,38H,6-7,9,11-12,17-18,21-22,25-37H2,1-5H3/p+1/b10-8+,15-13+,16-14+,20-19+,24-23+/t38-/m1/s1. The van der Waals surface area contributed by atoms with Crippen molar-refractivity contribution in [2.45, 2.75) is 136 Å². The van der Waals surface area contributed by atoms with Gasteiger partial charge in [0.1, 0.15) is 19.8 Å². The second-order valence-corrected chi connectivity index (χ2v) is 15.0. The van der Waals surface area contributed by atoms with Crippen LogP contribution in [0.1, 0.15) is 129 Å². The average Bonchev–Trinajstić information content (AvgIpc) is 3.06. The number of hydrogen-bond acceptors (Lipinski definition) is 7. The Kier molecular flexibility index (Phi) is 31.1. The summed E-state index contributed by atoms with van der Waals surface area (Å²) in [5, 5.41) is 0. The molecule has 9 nitrogen and oxygen atoms in total. The van der Waals surface area contributed by atoms with E-state index in [0.717, 1.165) is 77.0 Å². The molecule has 0 aromatic carbocycles. The number of allylic oxidation sites excluding steroid dienone is 10. The van der Waals surface area contributed by atoms with Gasteiger partial charge in [-0.1, -0.05) is 107 Å². The van der Waals surface area contributed by atoms with Crippen molar-refractivity contribution in [1.29, 1.82) is 0 Å². The highest BCUT2D eigenvalue weighted by molar-refractivity contribution is 7.47. The number of rotatable bonds is 33. The third-order valence-electron chi connectivity index (χ3n) is 7.53. The smallest absolute Gasteiger partial charge is 0.462 e. The minimum absolute atomic E-state index is 0.0206. The Hall–Kier alpha value is -2.29. The van der Waals surface area contributed by atoms with Gasteiger partial charge in [-0.2, -0.15) is 0 Å². The number of esters is 2. The van der Waals surface area contributed by atoms with E-state index in [9.17, 15) is 19.0 Å². The van der Waals surface area contributed by atoms with Crippen LogP contribution < -0.4 is 0 Å². The molecule has 50 heavy (non-hydrogen) atoms. The van der Waals surface area contributed by atoms with Gasteiger partial charge in [0.15, 0.2) is 6.10 Å². The van der Waals surface area contributed by atoms with E-state index < -0.39 is 32.5 Å². The Morgan fingerprint density at radius 1 is 0.640 bits per heavy atom. The average molecular weight is 725 g/mol. The van der Waals surface area contributed by atoms with Crippen LogP contribution in [-0.4, -0.2) is 74.9 Å². The van der Waals surface area contributed by atoms with Crippen molar-refractivity contribution in [2.75, 3.05) is 47.5 Å². The first kappa shape index (κ1) is 47.7. The lowest BCUT2D eigenvalue weighted by molar-refractivity contribution is -0.870. The van der Waals surface area contributed by atoms with Gasteiger partial charge in [-0.05, 0) is 70.6 Å². The van der Waals surface area contributed by atoms with E-state index in [1.807, 2.05) is 21.1 Å². The van der Waals surface area contributed by atoms with Gasteiger partial charge >= 0.3 is 19.8 Å². The van der Waals surface area contributed by atoms with E-state index in [-0.39, 0.29) is 26.1 Å². The van der Waals surface area contributed by atoms with Gasteiger partial charge in [0.25, 0.3) is 0 Å². The van der Waals surface area contributed by atoms with Crippen LogP contribution in [0.25, 0.3) is 0 Å². The molecule has 0 aliphatic rings. The minimum atomic E-state index is -4.38. The zero-order valence-electron chi connectivity index (χ0n) is 32.1. The largest absolute Gasteiger partial charge is 0.472 e. The van der Waals surface area contributed by atoms with Crippen molar-refractivity contribution >= 4 is 19.8 Å². The normalized spacial score (nSPS) is 14.4. The molecule has 1 unspecified atom stereocenters. The Bertz CT molecular complexity index is 1040. The van der Waals surface area contributed by atoms with Crippen LogP contribution in [0.4, 0.5) is 0 Å². The summed E-state index contributed by atoms with van der Waals surface area (Å²) in [5.74, 6) is -0.868. The second kappa shape index (κ2) is 32.6. The molecule has 0 bridgehead atoms. The highest BCUT2D eigenvalue weighted by Crippen LogP contribution is 2.43. The van der Waals surface area contributed by atoms with Crippen LogP contribution in [0.3, 0.4) is 0 Å². The van der Waals surface area contributed by atoms with Crippen LogP contribution in [0.5, 0.6) is 0 Å². The predicted molar refractivity (Wildman–Crippen MR) is 206 cm³/mol. The molecule has 0 saturated heterocycles. The summed E-state index contributed by atoms with van der Waals surface area (Å²) in [7, 11) is 1.43. The second-order valence-electron chi connectivity index (χ2n) is 13.6. The van der Waals surface area contributed by atoms with E-state index in [1.165, 1.54) is 12.8 Å². The van der Waals surface area contributed by atoms with Crippen molar-refractivity contribution in [2.24, 2.45) is 0 Å². The third-order valence-corrected chi connectivity index (χ3v) is 8.52. The summed E-state index contributed by atoms with van der Waals surface area (Å²) in [4.78, 5) is 35.1. The number of hydrogen-bond donors (Lipinski definition) is 1. The maximum absolute atomic E-state index is 12.6. The first-order valence-electron chi connectivity index (χ1n) is 19.0. The summed E-state index contributed by atoms with van der Waals surface area (Å²) in [6.07, 6.45) is 37.0. The highest BCUT2D eigenvalue weighted by atomic mass is 31.2. The molecule has 0 spiro atoms. The van der Waals surface area contributed by atoms with Gasteiger partial charge in [0.05, 0.1) is 27.7 Å². The Morgan fingerprint density at radius 3 is 1.76 bits per heavy atom. The molecule has 0 rings (SSSR count). The monoisotopic (exact) mass is 724 g/mol. The summed E-state index contributed by atoms with van der Waals surface area (Å²) in [5.41, 5.74) is 0. The van der Waals surface area contributed by atoms with Crippen molar-refractivity contribution in [3.05, 3.63) is 60.8 Å². The fourth-order valence-electron chi connectivity index (χ4n) is 4.51. The summed E-state index contributed by atoms with van der Waals surface area (Å²) in [6.45, 7) is 4.17. The van der Waals surface area contributed by atoms with Gasteiger partial charge in [-0.3, -0.25) is 18.6 Å². The molecular formula is C40H71NO8P+. The molecule has 0 aromatic rings. The topological polar surface area (TPSA) is 108 Å². The molecule has 1 N–H and O–H groups in total. The lowest BCUT2D eigenvalue weighted by atomic mass is 10.1. The molecule has 0 aliphatic carbocycles. The highest BCUT2D eigenvalue weighted by Gasteiger charge is 2.27. The first-order valence-corrected chi connectivity index (χ1v) is 20.5. The molecule has 10 heteroatoms. The molecule has 0 heterocycles. The lowest BCUT2D eigenvalue weighted by Crippen LogP contribution is -2.37.